The first-order valence-electron chi connectivity index (χ1n) is 19.1. The molecule has 2 aromatic carbocycles. The molecule has 0 amide bonds. The van der Waals surface area contributed by atoms with E-state index in [0.29, 0.717) is 54.7 Å². The number of ether oxygens (including phenoxy) is 4. The number of aromatic nitrogens is 4. The number of likely N-dealkylation sites (N-methyl/N-ethyl adjacent to an activating group) is 1. The number of esters is 1. The highest BCUT2D eigenvalue weighted by molar-refractivity contribution is 7.22. The fourth-order valence-electron chi connectivity index (χ4n) is 6.87. The van der Waals surface area contributed by atoms with E-state index in [1.807, 2.05) is 13.0 Å². The van der Waals surface area contributed by atoms with Gasteiger partial charge in [-0.2, -0.15) is 22.7 Å². The van der Waals surface area contributed by atoms with E-state index in [0.717, 1.165) is 37.4 Å². The zero-order valence-electron chi connectivity index (χ0n) is 32.9. The van der Waals surface area contributed by atoms with Gasteiger partial charge in [0.2, 0.25) is 5.88 Å². The maximum atomic E-state index is 14.4. The third-order valence-corrected chi connectivity index (χ3v) is 11.6. The summed E-state index contributed by atoms with van der Waals surface area (Å²) in [7, 11) is 8.92. The average molecular weight is 867 g/mol. The van der Waals surface area contributed by atoms with Crippen LogP contribution in [0.2, 0.25) is 5.02 Å². The third kappa shape index (κ3) is 9.72. The summed E-state index contributed by atoms with van der Waals surface area (Å²) in [6.45, 7) is 6.90. The van der Waals surface area contributed by atoms with Crippen molar-refractivity contribution in [2.24, 2.45) is 0 Å². The Balaban J connectivity index is 1.23. The molecule has 2 atom stereocenters. The van der Waals surface area contributed by atoms with Crippen molar-refractivity contribution in [3.63, 3.8) is 0 Å². The Hall–Kier alpha value is -5.17. The maximum Gasteiger partial charge on any atom is 0.408 e. The first-order chi connectivity index (χ1) is 28.8. The lowest BCUT2D eigenvalue weighted by Crippen LogP contribution is -2.45. The average Bonchev–Trinajstić information content (AvgIpc) is 3.96. The maximum absolute atomic E-state index is 14.4. The number of thiophene rings is 1. The van der Waals surface area contributed by atoms with Gasteiger partial charge in [0, 0.05) is 50.6 Å². The lowest BCUT2D eigenvalue weighted by atomic mass is 9.76. The summed E-state index contributed by atoms with van der Waals surface area (Å²) in [5.74, 6) is -1.23. The van der Waals surface area contributed by atoms with Crippen LogP contribution in [0.5, 0.6) is 17.4 Å². The molecule has 4 aromatic heterocycles. The van der Waals surface area contributed by atoms with Crippen molar-refractivity contribution in [2.45, 2.75) is 45.1 Å². The van der Waals surface area contributed by atoms with E-state index in [1.54, 1.807) is 37.3 Å². The molecule has 60 heavy (non-hydrogen) atoms. The van der Waals surface area contributed by atoms with E-state index in [2.05, 4.69) is 31.9 Å². The van der Waals surface area contributed by atoms with Crippen LogP contribution in [0, 0.1) is 12.9 Å². The summed E-state index contributed by atoms with van der Waals surface area (Å²) in [5, 5.41) is 4.50. The minimum Gasteiger partial charge on any atom is -0.491 e. The molecule has 0 N–H and O–H groups in total. The second-order valence-corrected chi connectivity index (χ2v) is 15.4. The van der Waals surface area contributed by atoms with Gasteiger partial charge in [0.25, 0.3) is 6.01 Å². The quantitative estimate of drug-likeness (QED) is 0.0537. The summed E-state index contributed by atoms with van der Waals surface area (Å²) in [6.07, 6.45) is -3.52. The van der Waals surface area contributed by atoms with Crippen molar-refractivity contribution in [1.29, 1.82) is 0 Å². The topological polar surface area (TPSA) is 117 Å². The molecule has 0 spiro atoms. The molecule has 0 unspecified atom stereocenters. The van der Waals surface area contributed by atoms with Crippen LogP contribution in [0.4, 0.5) is 17.6 Å². The van der Waals surface area contributed by atoms with Gasteiger partial charge in [-0.15, -0.1) is 11.3 Å². The summed E-state index contributed by atoms with van der Waals surface area (Å²) in [6, 6.07) is 13.4. The molecule has 5 heterocycles. The smallest absolute Gasteiger partial charge is 0.408 e. The Bertz CT molecular complexity index is 2440. The molecule has 6 aromatic rings. The fourth-order valence-corrected chi connectivity index (χ4v) is 8.20. The molecule has 2 radical (unpaired) electrons. The van der Waals surface area contributed by atoms with Gasteiger partial charge in [0.1, 0.15) is 48.2 Å². The Morgan fingerprint density at radius 1 is 1.03 bits per heavy atom. The molecule has 1 aliphatic heterocycles. The molecule has 12 nitrogen and oxygen atoms in total. The van der Waals surface area contributed by atoms with E-state index in [1.165, 1.54) is 42.1 Å². The molecule has 0 aliphatic carbocycles. The molecule has 19 heteroatoms. The lowest BCUT2D eigenvalue weighted by Gasteiger charge is -2.32. The third-order valence-electron chi connectivity index (χ3n) is 10.0. The molecule has 314 valence electrons. The number of halogens is 5. The van der Waals surface area contributed by atoms with E-state index < -0.39 is 36.6 Å². The Morgan fingerprint density at radius 3 is 2.55 bits per heavy atom. The standard InChI is InChI=1S/C41H40BClF4N6O6S/c1-4-55-40(54)36(34(42)27-7-5-6-8-28(27)57-21-25-13-14-50-53(25)22-41(45,46)47)59-38-33-32(37(30-11-12-31(44)58-30)60-39(33)49-23-48-38)26-9-10-29(35(43)24(26)2)56-20-19-52-17-15-51(3)16-18-52/h5-14,23,34,36H,4,15-22H2,1-3H3/t34-,36+/m0/s1. The van der Waals surface area contributed by atoms with Crippen LogP contribution in [-0.2, 0) is 22.7 Å². The van der Waals surface area contributed by atoms with E-state index >= 15 is 0 Å². The van der Waals surface area contributed by atoms with Crippen LogP contribution in [0.3, 0.4) is 0 Å². The Kier molecular flexibility index (Phi) is 13.3. The van der Waals surface area contributed by atoms with Gasteiger partial charge in [0.15, 0.2) is 6.10 Å². The summed E-state index contributed by atoms with van der Waals surface area (Å²) in [5.41, 5.74) is 2.21. The van der Waals surface area contributed by atoms with Gasteiger partial charge in [-0.05, 0) is 67.7 Å². The summed E-state index contributed by atoms with van der Waals surface area (Å²) < 4.78 is 84.3. The van der Waals surface area contributed by atoms with E-state index in [4.69, 9.17) is 42.8 Å². The molecule has 1 fully saturated rings. The molecule has 7 rings (SSSR count). The molecule has 1 aliphatic rings. The highest BCUT2D eigenvalue weighted by atomic mass is 35.5. The molecule has 0 saturated carbocycles. The van der Waals surface area contributed by atoms with Crippen LogP contribution in [-0.4, -0.2) is 109 Å². The number of benzene rings is 2. The highest BCUT2D eigenvalue weighted by Crippen LogP contribution is 2.50. The van der Waals surface area contributed by atoms with Crippen molar-refractivity contribution in [2.75, 3.05) is 53.0 Å². The van der Waals surface area contributed by atoms with Crippen molar-refractivity contribution >= 4 is 47.0 Å². The lowest BCUT2D eigenvalue weighted by molar-refractivity contribution is -0.151. The van der Waals surface area contributed by atoms with Crippen LogP contribution in [0.1, 0.15) is 29.6 Å². The number of nitrogens with zero attached hydrogens (tertiary/aromatic N) is 6. The van der Waals surface area contributed by atoms with Crippen LogP contribution < -0.4 is 14.2 Å². The highest BCUT2D eigenvalue weighted by Gasteiger charge is 2.34. The predicted molar refractivity (Wildman–Crippen MR) is 218 cm³/mol. The van der Waals surface area contributed by atoms with E-state index in [-0.39, 0.29) is 36.3 Å². The number of carbonyl (C=O) groups excluding carboxylic acids is 1. The predicted octanol–water partition coefficient (Wildman–Crippen LogP) is 7.90. The van der Waals surface area contributed by atoms with Gasteiger partial charge >= 0.3 is 12.1 Å². The largest absolute Gasteiger partial charge is 0.491 e. The van der Waals surface area contributed by atoms with Crippen LogP contribution >= 0.6 is 22.9 Å². The SMILES string of the molecule is [B][C@@H](c1ccccc1OCc1ccnn1CC(F)(F)F)[C@@H](Oc1ncnc2sc(-c3ccc(F)o3)c(-c3ccc(OCCN4CCN(C)CC4)c(Cl)c3C)c12)C(=O)OCC. The number of rotatable bonds is 16. The normalized spacial score (nSPS) is 14.9. The van der Waals surface area contributed by atoms with Crippen molar-refractivity contribution < 1.29 is 45.7 Å². The number of carbonyl (C=O) groups is 1. The molecular weight excluding hydrogens is 827 g/mol. The second-order valence-electron chi connectivity index (χ2n) is 14.1. The summed E-state index contributed by atoms with van der Waals surface area (Å²) in [4.78, 5) is 28.2. The van der Waals surface area contributed by atoms with Crippen molar-refractivity contribution in [3.8, 4) is 39.1 Å². The van der Waals surface area contributed by atoms with E-state index in [9.17, 15) is 22.4 Å². The number of furan rings is 1. The number of hydrogen-bond acceptors (Lipinski definition) is 12. The summed E-state index contributed by atoms with van der Waals surface area (Å²) >= 11 is 8.19. The molecule has 1 saturated heterocycles. The number of para-hydroxylation sites is 1. The van der Waals surface area contributed by atoms with Gasteiger partial charge in [-0.3, -0.25) is 9.58 Å². The van der Waals surface area contributed by atoms with Gasteiger partial charge in [0.05, 0.1) is 35.4 Å². The molecule has 0 bridgehead atoms. The Morgan fingerprint density at radius 2 is 1.82 bits per heavy atom. The first kappa shape index (κ1) is 42.9. The monoisotopic (exact) mass is 866 g/mol. The van der Waals surface area contributed by atoms with Gasteiger partial charge in [-0.1, -0.05) is 35.9 Å². The number of hydrogen-bond donors (Lipinski definition) is 0. The van der Waals surface area contributed by atoms with Crippen molar-refractivity contribution in [3.05, 3.63) is 95.0 Å². The van der Waals surface area contributed by atoms with Gasteiger partial charge in [-0.25, -0.2) is 14.8 Å². The number of alkyl halides is 3. The zero-order valence-corrected chi connectivity index (χ0v) is 34.5. The van der Waals surface area contributed by atoms with Crippen LogP contribution in [0.25, 0.3) is 32.0 Å². The molecular formula is C41H40BClF4N6O6S. The second kappa shape index (κ2) is 18.6. The van der Waals surface area contributed by atoms with Crippen molar-refractivity contribution in [1.82, 2.24) is 29.5 Å². The van der Waals surface area contributed by atoms with Crippen LogP contribution in [0.15, 0.2) is 71.5 Å². The minimum atomic E-state index is -4.50. The minimum absolute atomic E-state index is 0.00860. The number of piperazine rings is 1. The zero-order chi connectivity index (χ0) is 42.6. The van der Waals surface area contributed by atoms with Gasteiger partial charge < -0.3 is 28.3 Å². The first-order valence-corrected chi connectivity index (χ1v) is 20.2. The Labute approximate surface area is 353 Å². The number of fused-ring (bicyclic) bond motifs is 1. The fraction of sp³-hybridized carbons (Fsp3) is 0.366.